The summed E-state index contributed by atoms with van der Waals surface area (Å²) < 4.78 is 49.1. The summed E-state index contributed by atoms with van der Waals surface area (Å²) in [5.74, 6) is -1.47. The van der Waals surface area contributed by atoms with E-state index in [9.17, 15) is 64.0 Å². The first-order chi connectivity index (χ1) is 31.9. The van der Waals surface area contributed by atoms with Gasteiger partial charge in [-0.25, -0.2) is 9.13 Å². The summed E-state index contributed by atoms with van der Waals surface area (Å²) in [7, 11) is -10.8. The highest BCUT2D eigenvalue weighted by molar-refractivity contribution is 7.47. The molecule has 0 aromatic carbocycles. The molecule has 0 aromatic heterocycles. The first-order valence-corrected chi connectivity index (χ1v) is 26.7. The number of esters is 2. The quantitative estimate of drug-likeness (QED) is 0.0101. The second-order valence-electron chi connectivity index (χ2n) is 16.5. The fraction of sp³-hybridized carbons (Fsp3) is 0.702. The summed E-state index contributed by atoms with van der Waals surface area (Å²) in [6.07, 6.45) is 21.8. The molecule has 5 unspecified atom stereocenters. The molecule has 0 amide bonds. The number of hydrogen-bond donors (Lipinski definition) is 9. The van der Waals surface area contributed by atoms with Crippen molar-refractivity contribution in [1.82, 2.24) is 0 Å². The molecule has 0 heterocycles. The van der Waals surface area contributed by atoms with Crippen LogP contribution in [0.2, 0.25) is 0 Å². The third-order valence-electron chi connectivity index (χ3n) is 10.4. The van der Waals surface area contributed by atoms with Crippen molar-refractivity contribution in [2.45, 2.75) is 197 Å². The molecule has 1 fully saturated rings. The molecule has 0 saturated heterocycles. The van der Waals surface area contributed by atoms with Gasteiger partial charge >= 0.3 is 27.6 Å². The fourth-order valence-corrected chi connectivity index (χ4v) is 8.20. The topological polar surface area (TPSA) is 296 Å². The molecule has 386 valence electrons. The maximum Gasteiger partial charge on any atom is 0.472 e. The molecule has 0 aliphatic heterocycles. The van der Waals surface area contributed by atoms with Crippen molar-refractivity contribution in [3.63, 3.8) is 0 Å². The molecule has 18 nitrogen and oxygen atoms in total. The molecular formula is C47H80O18P2. The molecule has 1 saturated carbocycles. The van der Waals surface area contributed by atoms with Gasteiger partial charge in [-0.1, -0.05) is 132 Å². The van der Waals surface area contributed by atoms with Crippen molar-refractivity contribution in [2.24, 2.45) is 0 Å². The summed E-state index contributed by atoms with van der Waals surface area (Å²) in [6.45, 7) is 2.79. The number of unbranched alkanes of at least 4 members (excludes halogenated alkanes) is 11. The molecular weight excluding hydrogens is 914 g/mol. The molecule has 0 radical (unpaired) electrons. The fourth-order valence-electron chi connectivity index (χ4n) is 6.66. The monoisotopic (exact) mass is 994 g/mol. The second-order valence-corrected chi connectivity index (χ2v) is 19.1. The number of aliphatic hydroxyl groups excluding tert-OH is 6. The molecule has 20 heteroatoms. The Morgan fingerprint density at radius 1 is 0.567 bits per heavy atom. The van der Waals surface area contributed by atoms with Gasteiger partial charge in [0, 0.05) is 12.8 Å². The molecule has 1 rings (SSSR count). The minimum absolute atomic E-state index is 0.0484. The normalized spacial score (nSPS) is 23.0. The van der Waals surface area contributed by atoms with Gasteiger partial charge in [0.15, 0.2) is 6.10 Å². The standard InChI is InChI=1S/C47H80O18P2/c1-3-5-7-9-11-12-13-14-15-16-17-18-19-21-27-33-40(50)61-35-39(36-62-67(59,60)65-47-44(54)42(52)43(53)46(45(47)55)64-66(56,57)58)63-41(51)34-28-32-38(49)31-26-23-22-25-30-37(48)29-24-20-10-8-6-4-2/h11-12,14-15,20,22-26,30-31,37-39,42-49,52-55H,3-10,13,16-19,21,27-29,32-36H2,1-2H3,(H,59,60)(H2,56,57,58)/b12-11-,15-14-,23-22+,24-20-,30-25+,31-26-/t37-,38-,39+,42?,43?,44?,45?,46+,47-/m0/s1. The first-order valence-electron chi connectivity index (χ1n) is 23.7. The maximum atomic E-state index is 13.0. The summed E-state index contributed by atoms with van der Waals surface area (Å²) in [4.78, 5) is 54.3. The minimum Gasteiger partial charge on any atom is -0.462 e. The van der Waals surface area contributed by atoms with E-state index >= 15 is 0 Å². The Morgan fingerprint density at radius 2 is 1.09 bits per heavy atom. The minimum atomic E-state index is -5.40. The lowest BCUT2D eigenvalue weighted by atomic mass is 9.85. The van der Waals surface area contributed by atoms with Crippen LogP contribution in [0.5, 0.6) is 0 Å². The third-order valence-corrected chi connectivity index (χ3v) is 11.9. The van der Waals surface area contributed by atoms with Crippen LogP contribution >= 0.6 is 15.6 Å². The average molecular weight is 995 g/mol. The van der Waals surface area contributed by atoms with Crippen LogP contribution in [0.1, 0.15) is 142 Å². The Kier molecular flexibility index (Phi) is 34.7. The zero-order valence-corrected chi connectivity index (χ0v) is 41.1. The Labute approximate surface area is 397 Å². The van der Waals surface area contributed by atoms with Crippen LogP contribution < -0.4 is 0 Å². The number of rotatable bonds is 38. The van der Waals surface area contributed by atoms with Gasteiger partial charge in [-0.05, 0) is 70.6 Å². The Balaban J connectivity index is 2.73. The van der Waals surface area contributed by atoms with E-state index in [1.807, 2.05) is 6.08 Å². The summed E-state index contributed by atoms with van der Waals surface area (Å²) in [5, 5.41) is 61.6. The zero-order chi connectivity index (χ0) is 49.9. The Morgan fingerprint density at radius 3 is 1.69 bits per heavy atom. The highest BCUT2D eigenvalue weighted by Gasteiger charge is 2.54. The van der Waals surface area contributed by atoms with E-state index < -0.39 is 95.7 Å². The number of carbonyl (C=O) groups excluding carboxylic acids is 2. The SMILES string of the molecule is CCCCC/C=C\C/C=C\CCCCCCCC(=O)OC[C@H](COP(=O)(O)O[C@H]1C(O)C(O)C(O)[C@@H](OP(=O)(O)O)C1O)OC(=O)CCC[C@@H](O)\C=C/C=C/C=C/[C@@H](O)C/C=C\CCCCC. The second kappa shape index (κ2) is 37.2. The van der Waals surface area contributed by atoms with Crippen LogP contribution in [-0.2, 0) is 41.8 Å². The van der Waals surface area contributed by atoms with Crippen LogP contribution in [0, 0.1) is 0 Å². The van der Waals surface area contributed by atoms with Crippen molar-refractivity contribution in [1.29, 1.82) is 0 Å². The molecule has 1 aliphatic rings. The van der Waals surface area contributed by atoms with Crippen LogP contribution in [0.25, 0.3) is 0 Å². The molecule has 67 heavy (non-hydrogen) atoms. The molecule has 9 N–H and O–H groups in total. The van der Waals surface area contributed by atoms with Crippen LogP contribution in [0.15, 0.2) is 72.9 Å². The molecule has 0 spiro atoms. The number of phosphoric ester groups is 2. The number of phosphoric acid groups is 2. The van der Waals surface area contributed by atoms with E-state index in [0.29, 0.717) is 12.8 Å². The summed E-state index contributed by atoms with van der Waals surface area (Å²) >= 11 is 0. The van der Waals surface area contributed by atoms with E-state index in [1.54, 1.807) is 30.4 Å². The molecule has 10 atom stereocenters. The van der Waals surface area contributed by atoms with Gasteiger partial charge in [-0.3, -0.25) is 23.2 Å². The van der Waals surface area contributed by atoms with Gasteiger partial charge in [0.1, 0.15) is 43.2 Å². The predicted molar refractivity (Wildman–Crippen MR) is 253 cm³/mol. The third kappa shape index (κ3) is 32.0. The number of hydrogen-bond acceptors (Lipinski definition) is 15. The van der Waals surface area contributed by atoms with E-state index in [0.717, 1.165) is 64.2 Å². The average Bonchev–Trinajstić information content (AvgIpc) is 3.27. The van der Waals surface area contributed by atoms with E-state index in [4.69, 9.17) is 18.5 Å². The van der Waals surface area contributed by atoms with Gasteiger partial charge in [0.2, 0.25) is 0 Å². The van der Waals surface area contributed by atoms with Gasteiger partial charge < -0.3 is 54.8 Å². The highest BCUT2D eigenvalue weighted by atomic mass is 31.2. The highest BCUT2D eigenvalue weighted by Crippen LogP contribution is 2.49. The zero-order valence-electron chi connectivity index (χ0n) is 39.3. The van der Waals surface area contributed by atoms with Crippen LogP contribution in [0.3, 0.4) is 0 Å². The smallest absolute Gasteiger partial charge is 0.462 e. The van der Waals surface area contributed by atoms with Crippen LogP contribution in [0.4, 0.5) is 0 Å². The van der Waals surface area contributed by atoms with Crippen molar-refractivity contribution >= 4 is 27.6 Å². The lowest BCUT2D eigenvalue weighted by Crippen LogP contribution is -2.64. The maximum absolute atomic E-state index is 13.0. The van der Waals surface area contributed by atoms with E-state index in [2.05, 4.69) is 48.8 Å². The van der Waals surface area contributed by atoms with Crippen molar-refractivity contribution in [2.75, 3.05) is 13.2 Å². The summed E-state index contributed by atoms with van der Waals surface area (Å²) in [6, 6.07) is 0. The molecule has 0 bridgehead atoms. The van der Waals surface area contributed by atoms with Gasteiger partial charge in [0.25, 0.3) is 0 Å². The number of aliphatic hydroxyl groups is 6. The lowest BCUT2D eigenvalue weighted by Gasteiger charge is -2.43. The Hall–Kier alpha value is -2.64. The van der Waals surface area contributed by atoms with Gasteiger partial charge in [-0.15, -0.1) is 0 Å². The molecule has 1 aliphatic carbocycles. The van der Waals surface area contributed by atoms with E-state index in [-0.39, 0.29) is 25.7 Å². The van der Waals surface area contributed by atoms with Gasteiger partial charge in [0.05, 0.1) is 18.8 Å². The number of carbonyl (C=O) groups is 2. The van der Waals surface area contributed by atoms with E-state index in [1.165, 1.54) is 31.8 Å². The van der Waals surface area contributed by atoms with Crippen molar-refractivity contribution in [3.05, 3.63) is 72.9 Å². The largest absolute Gasteiger partial charge is 0.472 e. The van der Waals surface area contributed by atoms with Crippen LogP contribution in [-0.4, -0.2) is 125 Å². The molecule has 0 aromatic rings. The predicted octanol–water partition coefficient (Wildman–Crippen LogP) is 6.78. The van der Waals surface area contributed by atoms with Crippen molar-refractivity contribution in [3.8, 4) is 0 Å². The summed E-state index contributed by atoms with van der Waals surface area (Å²) in [5.41, 5.74) is 0. The number of allylic oxidation sites excluding steroid dienone is 9. The number of ether oxygens (including phenoxy) is 2. The first kappa shape index (κ1) is 62.4. The van der Waals surface area contributed by atoms with Crippen molar-refractivity contribution < 1.29 is 87.1 Å². The Bertz CT molecular complexity index is 1610. The van der Waals surface area contributed by atoms with Gasteiger partial charge in [-0.2, -0.15) is 0 Å². The lowest BCUT2D eigenvalue weighted by molar-refractivity contribution is -0.216.